The number of likely N-dealkylation sites (tertiary alicyclic amines) is 1. The fourth-order valence-electron chi connectivity index (χ4n) is 5.48. The Kier molecular flexibility index (Phi) is 5.89. The number of aromatic nitrogens is 3. The summed E-state index contributed by atoms with van der Waals surface area (Å²) in [5, 5.41) is 10.2. The highest BCUT2D eigenvalue weighted by molar-refractivity contribution is 8.45. The van der Waals surface area contributed by atoms with Crippen LogP contribution in [0.2, 0.25) is 0 Å². The van der Waals surface area contributed by atoms with Crippen molar-refractivity contribution in [3.63, 3.8) is 0 Å². The van der Waals surface area contributed by atoms with Gasteiger partial charge >= 0.3 is 10.2 Å². The van der Waals surface area contributed by atoms with Crippen LogP contribution in [0.3, 0.4) is 0 Å². The zero-order valence-electron chi connectivity index (χ0n) is 20.6. The maximum Gasteiger partial charge on any atom is 0.310 e. The minimum absolute atomic E-state index is 0.102. The minimum Gasteiger partial charge on any atom is -0.390 e. The highest BCUT2D eigenvalue weighted by atomic mass is 32.5. The lowest BCUT2D eigenvalue weighted by Crippen LogP contribution is -2.38. The first-order chi connectivity index (χ1) is 17.5. The van der Waals surface area contributed by atoms with Crippen molar-refractivity contribution in [3.8, 4) is 0 Å². The summed E-state index contributed by atoms with van der Waals surface area (Å²) in [7, 11) is -9.82. The van der Waals surface area contributed by atoms with Crippen LogP contribution in [-0.4, -0.2) is 49.6 Å². The summed E-state index contributed by atoms with van der Waals surface area (Å²) >= 11 is 0. The fraction of sp³-hybridized carbons (Fsp3) is 0.480. The van der Waals surface area contributed by atoms with Crippen LogP contribution in [0.1, 0.15) is 79.0 Å². The summed E-state index contributed by atoms with van der Waals surface area (Å²) in [5.74, 6) is -0.506. The van der Waals surface area contributed by atoms with E-state index in [1.54, 1.807) is 0 Å². The van der Waals surface area contributed by atoms with Crippen molar-refractivity contribution >= 4 is 27.3 Å². The first-order valence-corrected chi connectivity index (χ1v) is 14.4. The molecule has 0 radical (unpaired) electrons. The molecule has 1 saturated carbocycles. The van der Waals surface area contributed by atoms with Gasteiger partial charge < -0.3 is 15.0 Å². The predicted octanol–water partition coefficient (Wildman–Crippen LogP) is 7.18. The van der Waals surface area contributed by atoms with Gasteiger partial charge in [0.25, 0.3) is 5.91 Å². The van der Waals surface area contributed by atoms with Gasteiger partial charge in [0.1, 0.15) is 16.5 Å². The number of aromatic amines is 1. The molecule has 0 spiro atoms. The summed E-state index contributed by atoms with van der Waals surface area (Å²) < 4.78 is 79.9. The predicted molar refractivity (Wildman–Crippen MR) is 131 cm³/mol. The number of halogens is 6. The molecule has 2 aromatic heterocycles. The number of pyridine rings is 1. The molecule has 38 heavy (non-hydrogen) atoms. The summed E-state index contributed by atoms with van der Waals surface area (Å²) in [6.07, 6.45) is 4.68. The molecule has 1 aliphatic carbocycles. The van der Waals surface area contributed by atoms with Gasteiger partial charge in [-0.15, -0.1) is 0 Å². The Balaban J connectivity index is 1.30. The van der Waals surface area contributed by atoms with Crippen molar-refractivity contribution in [3.05, 3.63) is 53.2 Å². The Hall–Kier alpha value is -2.80. The lowest BCUT2D eigenvalue weighted by atomic mass is 9.80. The van der Waals surface area contributed by atoms with E-state index in [2.05, 4.69) is 15.0 Å². The number of fused-ring (bicyclic) bond motifs is 1. The van der Waals surface area contributed by atoms with Crippen LogP contribution in [0.15, 0.2) is 35.4 Å². The quantitative estimate of drug-likeness (QED) is 0.330. The molecule has 6 nitrogen and oxygen atoms in total. The molecule has 0 atom stereocenters. The maximum absolute atomic E-state index is 15.0. The van der Waals surface area contributed by atoms with Crippen LogP contribution in [0.25, 0.3) is 11.2 Å². The molecule has 1 aliphatic heterocycles. The van der Waals surface area contributed by atoms with Gasteiger partial charge in [-0.3, -0.25) is 4.79 Å². The number of carbonyl (C=O) groups is 1. The molecule has 2 N–H and O–H groups in total. The smallest absolute Gasteiger partial charge is 0.310 e. The number of amides is 1. The number of nitrogens with one attached hydrogen (secondary N) is 1. The van der Waals surface area contributed by atoms with Crippen LogP contribution >= 0.6 is 10.2 Å². The molecule has 2 aliphatic rings. The Bertz CT molecular complexity index is 1370. The molecule has 1 saturated heterocycles. The number of rotatable bonds is 4. The average Bonchev–Trinajstić information content (AvgIpc) is 3.26. The van der Waals surface area contributed by atoms with Crippen molar-refractivity contribution in [2.24, 2.45) is 0 Å². The number of H-pyrrole nitrogens is 1. The Morgan fingerprint density at radius 3 is 2.21 bits per heavy atom. The van der Waals surface area contributed by atoms with Crippen molar-refractivity contribution in [1.82, 2.24) is 19.9 Å². The average molecular weight is 563 g/mol. The Morgan fingerprint density at radius 1 is 1.03 bits per heavy atom. The van der Waals surface area contributed by atoms with Gasteiger partial charge in [0, 0.05) is 30.1 Å². The number of hydrogen-bond acceptors (Lipinski definition) is 4. The van der Waals surface area contributed by atoms with Crippen molar-refractivity contribution in [2.75, 3.05) is 13.1 Å². The van der Waals surface area contributed by atoms with E-state index in [9.17, 15) is 29.3 Å². The van der Waals surface area contributed by atoms with E-state index >= 15 is 4.39 Å². The molecule has 208 valence electrons. The van der Waals surface area contributed by atoms with Gasteiger partial charge in [-0.25, -0.2) is 14.4 Å². The molecule has 0 bridgehead atoms. The SMILES string of the molecule is CC1(O)CCC(c2nc3ncc(F)c(C4CCN(C(=O)c5ccc(S(F)(F)(F)(F)F)cc5)CC4)c3[nH]2)CC1. The third-order valence-electron chi connectivity index (χ3n) is 7.72. The highest BCUT2D eigenvalue weighted by Crippen LogP contribution is 3.02. The third-order valence-corrected chi connectivity index (χ3v) is 8.88. The number of benzene rings is 1. The number of hydrogen-bond donors (Lipinski definition) is 2. The molecule has 3 aromatic rings. The molecular weight excluding hydrogens is 534 g/mol. The van der Waals surface area contributed by atoms with Gasteiger partial charge in [-0.2, -0.15) is 0 Å². The first-order valence-electron chi connectivity index (χ1n) is 12.4. The second-order valence-corrected chi connectivity index (χ2v) is 13.1. The summed E-state index contributed by atoms with van der Waals surface area (Å²) in [6.45, 7) is 2.24. The van der Waals surface area contributed by atoms with Crippen LogP contribution in [0.4, 0.5) is 23.8 Å². The number of piperidine rings is 1. The Morgan fingerprint density at radius 2 is 1.63 bits per heavy atom. The monoisotopic (exact) mass is 562 g/mol. The second-order valence-electron chi connectivity index (χ2n) is 10.7. The number of carbonyl (C=O) groups excluding carboxylic acids is 1. The number of aliphatic hydroxyl groups is 1. The van der Waals surface area contributed by atoms with Gasteiger partial charge in [0.15, 0.2) is 5.65 Å². The largest absolute Gasteiger partial charge is 0.390 e. The molecule has 2 fully saturated rings. The van der Waals surface area contributed by atoms with E-state index in [1.807, 2.05) is 6.92 Å². The zero-order chi connectivity index (χ0) is 27.6. The van der Waals surface area contributed by atoms with E-state index in [0.29, 0.717) is 48.2 Å². The van der Waals surface area contributed by atoms with Crippen LogP contribution in [0, 0.1) is 5.82 Å². The molecule has 3 heterocycles. The van der Waals surface area contributed by atoms with Gasteiger partial charge in [-0.1, -0.05) is 19.4 Å². The lowest BCUT2D eigenvalue weighted by molar-refractivity contribution is 0.0165. The van der Waals surface area contributed by atoms with Crippen LogP contribution in [-0.2, 0) is 0 Å². The van der Waals surface area contributed by atoms with E-state index in [1.165, 1.54) is 4.90 Å². The summed E-state index contributed by atoms with van der Waals surface area (Å²) in [5.41, 5.74) is 0.515. The molecular formula is C25H28F6N4O2S. The highest BCUT2D eigenvalue weighted by Gasteiger charge is 2.65. The van der Waals surface area contributed by atoms with E-state index in [0.717, 1.165) is 31.2 Å². The van der Waals surface area contributed by atoms with Gasteiger partial charge in [-0.05, 0) is 75.6 Å². The zero-order valence-corrected chi connectivity index (χ0v) is 21.4. The van der Waals surface area contributed by atoms with Gasteiger partial charge in [0.05, 0.1) is 17.3 Å². The van der Waals surface area contributed by atoms with Gasteiger partial charge in [0.2, 0.25) is 0 Å². The van der Waals surface area contributed by atoms with Crippen molar-refractivity contribution in [2.45, 2.75) is 67.8 Å². The third kappa shape index (κ3) is 5.35. The number of nitrogens with zero attached hydrogens (tertiary/aromatic N) is 3. The maximum atomic E-state index is 15.0. The van der Waals surface area contributed by atoms with Crippen molar-refractivity contribution in [1.29, 1.82) is 0 Å². The van der Waals surface area contributed by atoms with Crippen molar-refractivity contribution < 1.29 is 33.7 Å². The normalized spacial score (nSPS) is 25.3. The molecule has 13 heteroatoms. The molecule has 5 rings (SSSR count). The summed E-state index contributed by atoms with van der Waals surface area (Å²) in [4.78, 5) is 24.2. The lowest BCUT2D eigenvalue weighted by Gasteiger charge is -2.40. The van der Waals surface area contributed by atoms with Crippen LogP contribution < -0.4 is 0 Å². The summed E-state index contributed by atoms with van der Waals surface area (Å²) in [6, 6.07) is 1.97. The minimum atomic E-state index is -9.82. The topological polar surface area (TPSA) is 82.1 Å². The van der Waals surface area contributed by atoms with E-state index in [-0.39, 0.29) is 42.6 Å². The van der Waals surface area contributed by atoms with E-state index in [4.69, 9.17) is 0 Å². The second kappa shape index (κ2) is 8.35. The van der Waals surface area contributed by atoms with Crippen LogP contribution in [0.5, 0.6) is 0 Å². The molecule has 1 amide bonds. The number of imidazole rings is 1. The van der Waals surface area contributed by atoms with E-state index < -0.39 is 32.4 Å². The molecule has 1 aromatic carbocycles. The fourth-order valence-corrected chi connectivity index (χ4v) is 6.13. The standard InChI is InChI=1S/C25H28F6N4O2S/c1-25(37)10-6-16(7-11-25)22-33-21-20(19(26)14-32-23(21)34-22)15-8-12-35(13-9-15)24(36)17-2-4-18(5-3-17)38(27,28,29,30)31/h2-5,14-16,37H,6-13H2,1H3,(H,32,33,34). The first kappa shape index (κ1) is 26.8. The molecule has 0 unspecified atom stereocenters. The Labute approximate surface area is 215 Å².